The van der Waals surface area contributed by atoms with Crippen molar-refractivity contribution >= 4 is 10.0 Å². The van der Waals surface area contributed by atoms with Crippen molar-refractivity contribution in [1.29, 1.82) is 0 Å². The molecule has 2 aromatic rings. The molecule has 0 fully saturated rings. The first kappa shape index (κ1) is 17.0. The average Bonchev–Trinajstić information content (AvgIpc) is 2.60. The SMILES string of the molecule is CCOc1ccccc1S(=O)(=O)NC[C@H]1Cc2ccccc2CO1. The number of benzene rings is 2. The third kappa shape index (κ3) is 3.77. The first-order chi connectivity index (χ1) is 11.6. The molecular weight excluding hydrogens is 326 g/mol. The van der Waals surface area contributed by atoms with Gasteiger partial charge >= 0.3 is 0 Å². The van der Waals surface area contributed by atoms with Gasteiger partial charge in [-0.2, -0.15) is 0 Å². The van der Waals surface area contributed by atoms with Gasteiger partial charge in [0.2, 0.25) is 10.0 Å². The van der Waals surface area contributed by atoms with Crippen LogP contribution in [0.3, 0.4) is 0 Å². The molecule has 0 radical (unpaired) electrons. The Bertz CT molecular complexity index is 804. The molecule has 128 valence electrons. The van der Waals surface area contributed by atoms with E-state index in [0.717, 1.165) is 0 Å². The fourth-order valence-corrected chi connectivity index (χ4v) is 3.98. The van der Waals surface area contributed by atoms with Gasteiger partial charge in [0.1, 0.15) is 10.6 Å². The van der Waals surface area contributed by atoms with Gasteiger partial charge in [0.25, 0.3) is 0 Å². The lowest BCUT2D eigenvalue weighted by Gasteiger charge is -2.25. The highest BCUT2D eigenvalue weighted by molar-refractivity contribution is 7.89. The van der Waals surface area contributed by atoms with E-state index in [1.165, 1.54) is 11.1 Å². The highest BCUT2D eigenvalue weighted by Crippen LogP contribution is 2.24. The Morgan fingerprint density at radius 2 is 1.83 bits per heavy atom. The standard InChI is InChI=1S/C18H21NO4S/c1-2-22-17-9-5-6-10-18(17)24(20,21)19-12-16-11-14-7-3-4-8-15(14)13-23-16/h3-10,16,19H,2,11-13H2,1H3/t16-/m1/s1. The van der Waals surface area contributed by atoms with Crippen LogP contribution in [-0.4, -0.2) is 27.7 Å². The molecule has 0 unspecified atom stereocenters. The lowest BCUT2D eigenvalue weighted by molar-refractivity contribution is 0.0322. The number of ether oxygens (including phenoxy) is 2. The maximum absolute atomic E-state index is 12.6. The Labute approximate surface area is 142 Å². The lowest BCUT2D eigenvalue weighted by atomic mass is 9.99. The fraction of sp³-hybridized carbons (Fsp3) is 0.333. The van der Waals surface area contributed by atoms with E-state index in [0.29, 0.717) is 25.4 Å². The summed E-state index contributed by atoms with van der Waals surface area (Å²) in [6.07, 6.45) is 0.528. The molecule has 24 heavy (non-hydrogen) atoms. The molecule has 0 aliphatic carbocycles. The zero-order valence-corrected chi connectivity index (χ0v) is 14.4. The van der Waals surface area contributed by atoms with E-state index in [2.05, 4.69) is 10.8 Å². The van der Waals surface area contributed by atoms with Gasteiger partial charge in [0.05, 0.1) is 19.3 Å². The molecule has 1 atom stereocenters. The quantitative estimate of drug-likeness (QED) is 0.872. The maximum atomic E-state index is 12.6. The van der Waals surface area contributed by atoms with E-state index in [-0.39, 0.29) is 17.5 Å². The Kier molecular flexibility index (Phi) is 5.18. The van der Waals surface area contributed by atoms with Crippen LogP contribution in [0.1, 0.15) is 18.1 Å². The van der Waals surface area contributed by atoms with Crippen LogP contribution in [0, 0.1) is 0 Å². The summed E-state index contributed by atoms with van der Waals surface area (Å²) in [5, 5.41) is 0. The van der Waals surface area contributed by atoms with Crippen LogP contribution < -0.4 is 9.46 Å². The van der Waals surface area contributed by atoms with Crippen molar-refractivity contribution in [2.75, 3.05) is 13.2 Å². The molecule has 5 nitrogen and oxygen atoms in total. The van der Waals surface area contributed by atoms with Crippen LogP contribution in [0.2, 0.25) is 0 Å². The molecule has 0 saturated carbocycles. The van der Waals surface area contributed by atoms with E-state index < -0.39 is 10.0 Å². The van der Waals surface area contributed by atoms with Gasteiger partial charge in [-0.3, -0.25) is 0 Å². The van der Waals surface area contributed by atoms with Gasteiger partial charge in [0, 0.05) is 13.0 Å². The number of hydrogen-bond acceptors (Lipinski definition) is 4. The molecule has 0 amide bonds. The van der Waals surface area contributed by atoms with Crippen molar-refractivity contribution in [2.24, 2.45) is 0 Å². The van der Waals surface area contributed by atoms with Crippen LogP contribution >= 0.6 is 0 Å². The zero-order valence-electron chi connectivity index (χ0n) is 13.6. The van der Waals surface area contributed by atoms with Crippen molar-refractivity contribution in [3.05, 3.63) is 59.7 Å². The second kappa shape index (κ2) is 7.34. The second-order valence-electron chi connectivity index (χ2n) is 5.64. The smallest absolute Gasteiger partial charge is 0.244 e. The van der Waals surface area contributed by atoms with Crippen LogP contribution in [0.15, 0.2) is 53.4 Å². The van der Waals surface area contributed by atoms with Gasteiger partial charge in [-0.1, -0.05) is 36.4 Å². The first-order valence-corrected chi connectivity index (χ1v) is 9.48. The first-order valence-electron chi connectivity index (χ1n) is 8.00. The van der Waals surface area contributed by atoms with E-state index in [9.17, 15) is 8.42 Å². The van der Waals surface area contributed by atoms with Crippen molar-refractivity contribution < 1.29 is 17.9 Å². The summed E-state index contributed by atoms with van der Waals surface area (Å²) in [4.78, 5) is 0.156. The summed E-state index contributed by atoms with van der Waals surface area (Å²) in [7, 11) is -3.64. The average molecular weight is 347 g/mol. The molecule has 1 N–H and O–H groups in total. The predicted octanol–water partition coefficient (Wildman–Crippen LogP) is 2.51. The second-order valence-corrected chi connectivity index (χ2v) is 7.37. The maximum Gasteiger partial charge on any atom is 0.244 e. The molecule has 6 heteroatoms. The minimum Gasteiger partial charge on any atom is -0.492 e. The monoisotopic (exact) mass is 347 g/mol. The number of rotatable bonds is 6. The summed E-state index contributed by atoms with van der Waals surface area (Å²) >= 11 is 0. The van der Waals surface area contributed by atoms with E-state index in [1.54, 1.807) is 24.3 Å². The summed E-state index contributed by atoms with van der Waals surface area (Å²) < 4.78 is 38.9. The van der Waals surface area contributed by atoms with Crippen molar-refractivity contribution in [3.8, 4) is 5.75 Å². The van der Waals surface area contributed by atoms with Crippen molar-refractivity contribution in [2.45, 2.75) is 31.0 Å². The van der Waals surface area contributed by atoms with Gasteiger partial charge in [0.15, 0.2) is 0 Å². The van der Waals surface area contributed by atoms with Crippen molar-refractivity contribution in [1.82, 2.24) is 4.72 Å². The topological polar surface area (TPSA) is 64.6 Å². The Balaban J connectivity index is 1.68. The fourth-order valence-electron chi connectivity index (χ4n) is 2.77. The molecule has 0 spiro atoms. The van der Waals surface area contributed by atoms with Crippen LogP contribution in [0.5, 0.6) is 5.75 Å². The Hall–Kier alpha value is -1.89. The zero-order chi connectivity index (χ0) is 17.0. The molecule has 2 aromatic carbocycles. The normalized spacial score (nSPS) is 17.3. The molecule has 0 aromatic heterocycles. The third-order valence-electron chi connectivity index (χ3n) is 3.98. The van der Waals surface area contributed by atoms with Gasteiger partial charge in [-0.25, -0.2) is 13.1 Å². The minimum absolute atomic E-state index is 0.156. The van der Waals surface area contributed by atoms with Crippen LogP contribution in [-0.2, 0) is 27.8 Å². The Morgan fingerprint density at radius 3 is 2.62 bits per heavy atom. The number of fused-ring (bicyclic) bond motifs is 1. The number of hydrogen-bond donors (Lipinski definition) is 1. The van der Waals surface area contributed by atoms with E-state index in [1.807, 2.05) is 25.1 Å². The molecule has 1 aliphatic rings. The van der Waals surface area contributed by atoms with Crippen LogP contribution in [0.25, 0.3) is 0 Å². The highest BCUT2D eigenvalue weighted by atomic mass is 32.2. The summed E-state index contributed by atoms with van der Waals surface area (Å²) in [5.41, 5.74) is 2.38. The molecular formula is C18H21NO4S. The summed E-state index contributed by atoms with van der Waals surface area (Å²) in [5.74, 6) is 0.363. The van der Waals surface area contributed by atoms with Crippen LogP contribution in [0.4, 0.5) is 0 Å². The predicted molar refractivity (Wildman–Crippen MR) is 91.5 cm³/mol. The number of sulfonamides is 1. The molecule has 3 rings (SSSR count). The van der Waals surface area contributed by atoms with Gasteiger partial charge in [-0.05, 0) is 30.2 Å². The summed E-state index contributed by atoms with van der Waals surface area (Å²) in [6.45, 7) is 2.98. The summed E-state index contributed by atoms with van der Waals surface area (Å²) in [6, 6.07) is 14.7. The number of nitrogens with one attached hydrogen (secondary N) is 1. The van der Waals surface area contributed by atoms with Gasteiger partial charge < -0.3 is 9.47 Å². The highest BCUT2D eigenvalue weighted by Gasteiger charge is 2.23. The number of para-hydroxylation sites is 1. The van der Waals surface area contributed by atoms with E-state index in [4.69, 9.17) is 9.47 Å². The lowest BCUT2D eigenvalue weighted by Crippen LogP contribution is -2.36. The van der Waals surface area contributed by atoms with E-state index >= 15 is 0 Å². The Morgan fingerprint density at radius 1 is 1.12 bits per heavy atom. The van der Waals surface area contributed by atoms with Gasteiger partial charge in [-0.15, -0.1) is 0 Å². The molecule has 0 bridgehead atoms. The van der Waals surface area contributed by atoms with Crippen molar-refractivity contribution in [3.63, 3.8) is 0 Å². The molecule has 1 heterocycles. The molecule has 1 aliphatic heterocycles. The molecule has 0 saturated heterocycles. The third-order valence-corrected chi connectivity index (χ3v) is 5.44. The largest absolute Gasteiger partial charge is 0.492 e. The minimum atomic E-state index is -3.64.